The number of nitrogens with one attached hydrogen (secondary N) is 1. The number of anilines is 1. The predicted octanol–water partition coefficient (Wildman–Crippen LogP) is 3.22. The third-order valence-corrected chi connectivity index (χ3v) is 8.52. The van der Waals surface area contributed by atoms with E-state index in [1.807, 2.05) is 32.9 Å². The van der Waals surface area contributed by atoms with Gasteiger partial charge in [0.15, 0.2) is 0 Å². The number of carbonyl (C=O) groups excluding carboxylic acids is 1. The Labute approximate surface area is 109 Å². The van der Waals surface area contributed by atoms with Gasteiger partial charge in [0, 0.05) is 0 Å². The van der Waals surface area contributed by atoms with Crippen LogP contribution in [0.1, 0.15) is 20.8 Å². The quantitative estimate of drug-likeness (QED) is 0.823. The molecule has 17 heavy (non-hydrogen) atoms. The predicted molar refractivity (Wildman–Crippen MR) is 77.5 cm³/mol. The number of amides is 1. The van der Waals surface area contributed by atoms with E-state index in [1.54, 1.807) is 0 Å². The van der Waals surface area contributed by atoms with Crippen LogP contribution in [0.5, 0.6) is 0 Å². The molecular weight excluding hydrogens is 317 g/mol. The molecule has 1 aromatic carbocycles. The van der Waals surface area contributed by atoms with E-state index in [2.05, 4.69) is 32.3 Å². The van der Waals surface area contributed by atoms with Gasteiger partial charge < -0.3 is 0 Å². The molecule has 0 spiro atoms. The summed E-state index contributed by atoms with van der Waals surface area (Å²) in [5.41, 5.74) is 0.663. The van der Waals surface area contributed by atoms with Gasteiger partial charge in [-0.2, -0.15) is 0 Å². The third kappa shape index (κ3) is 4.02. The fourth-order valence-electron chi connectivity index (χ4n) is 1.56. The van der Waals surface area contributed by atoms with Crippen molar-refractivity contribution in [3.05, 3.63) is 24.3 Å². The second kappa shape index (κ2) is 5.00. The molecule has 0 aliphatic heterocycles. The average Bonchev–Trinajstić information content (AvgIpc) is 2.15. The number of hydrogen-bond acceptors (Lipinski definition) is 1. The van der Waals surface area contributed by atoms with Crippen molar-refractivity contribution in [2.75, 3.05) is 5.32 Å². The van der Waals surface area contributed by atoms with Crippen LogP contribution in [0.3, 0.4) is 0 Å². The van der Waals surface area contributed by atoms with Crippen molar-refractivity contribution in [3.8, 4) is 0 Å². The number of benzene rings is 1. The van der Waals surface area contributed by atoms with Gasteiger partial charge in [0.05, 0.1) is 0 Å². The minimum absolute atomic E-state index is 0.0838. The first-order valence-corrected chi connectivity index (χ1v) is 16.0. The van der Waals surface area contributed by atoms with Gasteiger partial charge in [-0.3, -0.25) is 0 Å². The van der Waals surface area contributed by atoms with Crippen molar-refractivity contribution >= 4 is 33.6 Å². The van der Waals surface area contributed by atoms with Crippen LogP contribution in [0.25, 0.3) is 0 Å². The molecule has 0 saturated carbocycles. The summed E-state index contributed by atoms with van der Waals surface area (Å²) in [5.74, 6) is 0.0838. The number of para-hydroxylation sites is 1. The summed E-state index contributed by atoms with van der Waals surface area (Å²) >= 11 is -2.16. The number of hydrogen-bond donors (Lipinski definition) is 1. The Balaban J connectivity index is 3.04. The first kappa shape index (κ1) is 14.5. The van der Waals surface area contributed by atoms with Crippen molar-refractivity contribution < 1.29 is 4.79 Å². The Bertz CT molecular complexity index is 413. The van der Waals surface area contributed by atoms with E-state index in [4.69, 9.17) is 0 Å². The molecule has 0 saturated heterocycles. The van der Waals surface area contributed by atoms with Gasteiger partial charge in [-0.25, -0.2) is 0 Å². The topological polar surface area (TPSA) is 29.1 Å². The van der Waals surface area contributed by atoms with E-state index in [9.17, 15) is 4.79 Å². The third-order valence-electron chi connectivity index (χ3n) is 2.66. The van der Waals surface area contributed by atoms with E-state index in [1.165, 1.54) is 3.58 Å². The van der Waals surface area contributed by atoms with Gasteiger partial charge in [-0.1, -0.05) is 0 Å². The zero-order chi connectivity index (χ0) is 13.3. The van der Waals surface area contributed by atoms with Crippen molar-refractivity contribution in [1.82, 2.24) is 0 Å². The monoisotopic (exact) mass is 341 g/mol. The Hall–Kier alpha value is -0.511. The van der Waals surface area contributed by atoms with E-state index in [0.717, 1.165) is 5.69 Å². The van der Waals surface area contributed by atoms with E-state index < -0.39 is 18.4 Å². The summed E-state index contributed by atoms with van der Waals surface area (Å²) in [5, 5.41) is 3.07. The summed E-state index contributed by atoms with van der Waals surface area (Å²) < 4.78 is 1.37. The van der Waals surface area contributed by atoms with Crippen molar-refractivity contribution in [3.63, 3.8) is 0 Å². The normalized spacial score (nSPS) is 12.4. The summed E-state index contributed by atoms with van der Waals surface area (Å²) in [6, 6.07) is 8.22. The molecule has 0 aliphatic rings. The van der Waals surface area contributed by atoms with Crippen LogP contribution < -0.4 is 8.90 Å². The molecule has 0 atom stereocenters. The molecule has 1 amide bonds. The van der Waals surface area contributed by atoms with Crippen LogP contribution in [0, 0.1) is 5.41 Å². The molecule has 1 aromatic rings. The molecule has 0 fully saturated rings. The number of rotatable bonds is 2. The van der Waals surface area contributed by atoms with E-state index in [-0.39, 0.29) is 11.3 Å². The van der Waals surface area contributed by atoms with Crippen molar-refractivity contribution in [1.29, 1.82) is 0 Å². The zero-order valence-electron chi connectivity index (χ0n) is 11.7. The van der Waals surface area contributed by atoms with Crippen LogP contribution in [-0.2, 0) is 4.79 Å². The summed E-state index contributed by atoms with van der Waals surface area (Å²) in [7, 11) is 0. The Morgan fingerprint density at radius 3 is 2.12 bits per heavy atom. The fourth-order valence-corrected chi connectivity index (χ4v) is 5.98. The maximum absolute atomic E-state index is 12.0. The van der Waals surface area contributed by atoms with Gasteiger partial charge in [0.2, 0.25) is 0 Å². The molecule has 0 aliphatic carbocycles. The van der Waals surface area contributed by atoms with Gasteiger partial charge in [-0.15, -0.1) is 0 Å². The molecule has 1 rings (SSSR count). The zero-order valence-corrected chi connectivity index (χ0v) is 14.6. The summed E-state index contributed by atoms with van der Waals surface area (Å²) in [6.07, 6.45) is 0. The minimum atomic E-state index is -2.16. The Kier molecular flexibility index (Phi) is 4.28. The average molecular weight is 340 g/mol. The molecule has 0 unspecified atom stereocenters. The van der Waals surface area contributed by atoms with Crippen LogP contribution in [0.15, 0.2) is 24.3 Å². The molecule has 0 heterocycles. The van der Waals surface area contributed by atoms with Crippen molar-refractivity contribution in [2.24, 2.45) is 5.41 Å². The fraction of sp³-hybridized carbons (Fsp3) is 0.500. The van der Waals surface area contributed by atoms with Gasteiger partial charge in [-0.05, 0) is 0 Å². The second-order valence-electron chi connectivity index (χ2n) is 6.50. The molecule has 2 nitrogen and oxygen atoms in total. The SMILES string of the molecule is CC(C)(C)C(=O)Nc1cccc[c]1[Sn]([CH3])([CH3])[CH3]. The molecule has 0 bridgehead atoms. The van der Waals surface area contributed by atoms with Gasteiger partial charge >= 0.3 is 109 Å². The second-order valence-corrected chi connectivity index (χ2v) is 20.9. The van der Waals surface area contributed by atoms with Crippen LogP contribution in [-0.4, -0.2) is 24.3 Å². The molecule has 94 valence electrons. The van der Waals surface area contributed by atoms with Crippen molar-refractivity contribution in [2.45, 2.75) is 35.6 Å². The summed E-state index contributed by atoms with van der Waals surface area (Å²) in [4.78, 5) is 19.1. The van der Waals surface area contributed by atoms with Gasteiger partial charge in [0.1, 0.15) is 0 Å². The van der Waals surface area contributed by atoms with Crippen LogP contribution in [0.4, 0.5) is 5.69 Å². The molecule has 0 aromatic heterocycles. The maximum atomic E-state index is 12.0. The molecule has 1 N–H and O–H groups in total. The molecule has 0 radical (unpaired) electrons. The van der Waals surface area contributed by atoms with Crippen LogP contribution in [0.2, 0.25) is 14.8 Å². The Morgan fingerprint density at radius 1 is 1.12 bits per heavy atom. The Morgan fingerprint density at radius 2 is 1.65 bits per heavy atom. The van der Waals surface area contributed by atoms with Gasteiger partial charge in [0.25, 0.3) is 0 Å². The summed E-state index contributed by atoms with van der Waals surface area (Å²) in [6.45, 7) is 5.81. The first-order valence-electron chi connectivity index (χ1n) is 6.03. The molecule has 3 heteroatoms. The van der Waals surface area contributed by atoms with E-state index in [0.29, 0.717) is 0 Å². The number of carbonyl (C=O) groups is 1. The first-order chi connectivity index (χ1) is 7.62. The standard InChI is InChI=1S/C11H14NO.3CH3.Sn/c1-11(2,3)10(13)12-9-7-5-4-6-8-9;;;;/h4-7H,1-3H3,(H,12,13);3*1H3;. The van der Waals surface area contributed by atoms with E-state index >= 15 is 0 Å². The van der Waals surface area contributed by atoms with Crippen LogP contribution >= 0.6 is 0 Å². The molecular formula is C14H23NOSn.